The second-order valence-corrected chi connectivity index (χ2v) is 12.6. The molecule has 0 amide bonds. The van der Waals surface area contributed by atoms with Crippen LogP contribution >= 0.6 is 0 Å². The highest BCUT2D eigenvalue weighted by Gasteiger charge is 2.39. The molecule has 1 unspecified atom stereocenters. The molecule has 0 bridgehead atoms. The fourth-order valence-electron chi connectivity index (χ4n) is 7.19. The number of para-hydroxylation sites is 2. The number of fused-ring (bicyclic) bond motifs is 2. The van der Waals surface area contributed by atoms with Crippen LogP contribution < -0.4 is 19.3 Å². The molecule has 0 saturated carbocycles. The maximum atomic E-state index is 5.53. The summed E-state index contributed by atoms with van der Waals surface area (Å²) in [5, 5.41) is 4.60. The first-order valence-corrected chi connectivity index (χ1v) is 17.0. The van der Waals surface area contributed by atoms with Crippen molar-refractivity contribution >= 4 is 44.3 Å². The molecular formula is C46H38N2O2. The normalized spacial score (nSPS) is 15.4. The molecule has 8 rings (SSSR count). The fraction of sp³-hybridized carbons (Fsp3) is 0.0870. The van der Waals surface area contributed by atoms with Crippen LogP contribution in [0.25, 0.3) is 21.5 Å². The Morgan fingerprint density at radius 3 is 1.54 bits per heavy atom. The van der Waals surface area contributed by atoms with E-state index in [0.29, 0.717) is 0 Å². The maximum absolute atomic E-state index is 5.53. The number of methoxy groups -OCH3 is 2. The molecule has 1 aliphatic carbocycles. The molecule has 0 saturated heterocycles. The molecule has 244 valence electrons. The van der Waals surface area contributed by atoms with E-state index in [4.69, 9.17) is 9.47 Å². The van der Waals surface area contributed by atoms with E-state index in [0.717, 1.165) is 67.9 Å². The van der Waals surface area contributed by atoms with Crippen LogP contribution in [-0.4, -0.2) is 14.2 Å². The van der Waals surface area contributed by atoms with E-state index in [1.807, 2.05) is 12.1 Å². The minimum Gasteiger partial charge on any atom is -0.497 e. The Labute approximate surface area is 293 Å². The van der Waals surface area contributed by atoms with E-state index in [9.17, 15) is 0 Å². The molecule has 0 heterocycles. The zero-order valence-corrected chi connectivity index (χ0v) is 28.2. The minimum absolute atomic E-state index is 0.505. The summed E-state index contributed by atoms with van der Waals surface area (Å²) >= 11 is 0. The monoisotopic (exact) mass is 650 g/mol. The summed E-state index contributed by atoms with van der Waals surface area (Å²) in [6.07, 6.45) is 7.82. The molecule has 0 N–H and O–H groups in total. The van der Waals surface area contributed by atoms with Crippen molar-refractivity contribution in [3.05, 3.63) is 193 Å². The lowest BCUT2D eigenvalue weighted by molar-refractivity contribution is 0.415. The zero-order valence-electron chi connectivity index (χ0n) is 28.2. The highest BCUT2D eigenvalue weighted by Crippen LogP contribution is 2.47. The molecule has 7 aromatic rings. The number of hydrogen-bond acceptors (Lipinski definition) is 4. The number of nitrogens with zero attached hydrogens (tertiary/aromatic N) is 2. The van der Waals surface area contributed by atoms with Gasteiger partial charge in [0.15, 0.2) is 0 Å². The summed E-state index contributed by atoms with van der Waals surface area (Å²) in [6, 6.07) is 58.1. The number of anilines is 4. The smallest absolute Gasteiger partial charge is 0.119 e. The summed E-state index contributed by atoms with van der Waals surface area (Å²) < 4.78 is 11.0. The maximum Gasteiger partial charge on any atom is 0.119 e. The molecule has 50 heavy (non-hydrogen) atoms. The van der Waals surface area contributed by atoms with Gasteiger partial charge in [-0.3, -0.25) is 0 Å². The van der Waals surface area contributed by atoms with E-state index in [1.165, 1.54) is 5.56 Å². The molecule has 1 aliphatic rings. The summed E-state index contributed by atoms with van der Waals surface area (Å²) in [5.74, 6) is 1.71. The fourth-order valence-corrected chi connectivity index (χ4v) is 7.19. The summed E-state index contributed by atoms with van der Waals surface area (Å²) in [6.45, 7) is 0. The van der Waals surface area contributed by atoms with Crippen molar-refractivity contribution in [3.8, 4) is 11.5 Å². The van der Waals surface area contributed by atoms with Crippen LogP contribution in [-0.2, 0) is 5.54 Å². The van der Waals surface area contributed by atoms with Gasteiger partial charge in [-0.25, -0.2) is 0 Å². The van der Waals surface area contributed by atoms with Crippen LogP contribution in [0.5, 0.6) is 11.5 Å². The van der Waals surface area contributed by atoms with Crippen molar-refractivity contribution in [1.29, 1.82) is 0 Å². The van der Waals surface area contributed by atoms with Crippen LogP contribution in [0, 0.1) is 0 Å². The van der Waals surface area contributed by atoms with Crippen LogP contribution in [0.3, 0.4) is 0 Å². The van der Waals surface area contributed by atoms with Crippen molar-refractivity contribution < 1.29 is 9.47 Å². The Hall–Kier alpha value is -6.26. The third-order valence-electron chi connectivity index (χ3n) is 9.69. The van der Waals surface area contributed by atoms with Crippen molar-refractivity contribution in [3.63, 3.8) is 0 Å². The molecule has 0 fully saturated rings. The van der Waals surface area contributed by atoms with Gasteiger partial charge < -0.3 is 19.3 Å². The van der Waals surface area contributed by atoms with Gasteiger partial charge >= 0.3 is 0 Å². The Morgan fingerprint density at radius 1 is 0.480 bits per heavy atom. The number of hydrogen-bond donors (Lipinski definition) is 0. The number of ether oxygens (including phenoxy) is 2. The largest absolute Gasteiger partial charge is 0.497 e. The van der Waals surface area contributed by atoms with Gasteiger partial charge in [0.2, 0.25) is 0 Å². The minimum atomic E-state index is -0.505. The average molecular weight is 651 g/mol. The van der Waals surface area contributed by atoms with Gasteiger partial charge in [0, 0.05) is 28.4 Å². The molecule has 0 spiro atoms. The lowest BCUT2D eigenvalue weighted by Gasteiger charge is -2.46. The van der Waals surface area contributed by atoms with Gasteiger partial charge in [0.05, 0.1) is 19.8 Å². The second kappa shape index (κ2) is 13.3. The zero-order chi connectivity index (χ0) is 33.9. The highest BCUT2D eigenvalue weighted by molar-refractivity contribution is 5.90. The quantitative estimate of drug-likeness (QED) is 0.155. The predicted molar refractivity (Wildman–Crippen MR) is 208 cm³/mol. The van der Waals surface area contributed by atoms with Gasteiger partial charge in [0.25, 0.3) is 0 Å². The summed E-state index contributed by atoms with van der Waals surface area (Å²) in [4.78, 5) is 4.84. The van der Waals surface area contributed by atoms with Crippen LogP contribution in [0.2, 0.25) is 0 Å². The van der Waals surface area contributed by atoms with Crippen molar-refractivity contribution in [1.82, 2.24) is 0 Å². The predicted octanol–water partition coefficient (Wildman–Crippen LogP) is 11.7. The van der Waals surface area contributed by atoms with Crippen molar-refractivity contribution in [2.24, 2.45) is 0 Å². The first-order chi connectivity index (χ1) is 24.6. The van der Waals surface area contributed by atoms with Crippen LogP contribution in [0.1, 0.15) is 12.0 Å². The van der Waals surface area contributed by atoms with Gasteiger partial charge in [-0.2, -0.15) is 0 Å². The third-order valence-corrected chi connectivity index (χ3v) is 9.69. The van der Waals surface area contributed by atoms with E-state index in [-0.39, 0.29) is 0 Å². The summed E-state index contributed by atoms with van der Waals surface area (Å²) in [7, 11) is 3.42. The van der Waals surface area contributed by atoms with E-state index >= 15 is 0 Å². The van der Waals surface area contributed by atoms with Gasteiger partial charge in [-0.1, -0.05) is 103 Å². The van der Waals surface area contributed by atoms with Crippen LogP contribution in [0.4, 0.5) is 22.7 Å². The number of rotatable bonds is 9. The Balaban J connectivity index is 1.27. The molecule has 0 aliphatic heterocycles. The lowest BCUT2D eigenvalue weighted by Crippen LogP contribution is -2.43. The topological polar surface area (TPSA) is 24.9 Å². The van der Waals surface area contributed by atoms with Crippen LogP contribution in [0.15, 0.2) is 188 Å². The van der Waals surface area contributed by atoms with Gasteiger partial charge in [-0.05, 0) is 112 Å². The molecule has 4 heteroatoms. The molecule has 4 nitrogen and oxygen atoms in total. The van der Waals surface area contributed by atoms with E-state index in [2.05, 4.69) is 180 Å². The molecule has 0 radical (unpaired) electrons. The first kappa shape index (κ1) is 31.0. The molecule has 1 atom stereocenters. The van der Waals surface area contributed by atoms with E-state index in [1.54, 1.807) is 14.2 Å². The number of benzene rings is 7. The van der Waals surface area contributed by atoms with E-state index < -0.39 is 5.54 Å². The molecule has 7 aromatic carbocycles. The lowest BCUT2D eigenvalue weighted by atomic mass is 9.80. The van der Waals surface area contributed by atoms with Gasteiger partial charge in [-0.15, -0.1) is 0 Å². The molecular weight excluding hydrogens is 613 g/mol. The Bertz CT molecular complexity index is 2330. The second-order valence-electron chi connectivity index (χ2n) is 12.6. The standard InChI is InChI=1S/C46H38N2O2/c1-49-44-24-20-34-30-42(22-18-36(34)32-44)47(39-14-8-4-9-15-39)40-26-28-46(29-27-40,38-12-6-3-7-13-38)48(41-16-10-5-11-17-41)43-23-19-37-33-45(50-2)25-21-35(37)31-43/h3-28,30-33H,29H2,1-2H3. The Kier molecular flexibility index (Phi) is 8.27. The average Bonchev–Trinajstić information content (AvgIpc) is 3.19. The third kappa shape index (κ3) is 5.75. The van der Waals surface area contributed by atoms with Crippen molar-refractivity contribution in [2.75, 3.05) is 24.0 Å². The summed E-state index contributed by atoms with van der Waals surface area (Å²) in [5.41, 5.74) is 6.27. The van der Waals surface area contributed by atoms with Crippen molar-refractivity contribution in [2.45, 2.75) is 12.0 Å². The first-order valence-electron chi connectivity index (χ1n) is 17.0. The van der Waals surface area contributed by atoms with Gasteiger partial charge in [0.1, 0.15) is 11.5 Å². The SMILES string of the molecule is COc1ccc2cc(N(C3=CCC(c4ccccc4)(N(c4ccccc4)c4ccc5cc(OC)ccc5c4)C=C3)c3ccccc3)ccc2c1. The molecule has 0 aromatic heterocycles. The highest BCUT2D eigenvalue weighted by atomic mass is 16.5. The number of allylic oxidation sites excluding steroid dienone is 1. The Morgan fingerprint density at radius 2 is 0.980 bits per heavy atom.